The van der Waals surface area contributed by atoms with E-state index in [-0.39, 0.29) is 24.5 Å². The number of hydrogen-bond acceptors (Lipinski definition) is 5. The van der Waals surface area contributed by atoms with Gasteiger partial charge in [-0.3, -0.25) is 14.3 Å². The van der Waals surface area contributed by atoms with Gasteiger partial charge < -0.3 is 20.1 Å². The Labute approximate surface area is 147 Å². The number of nitrogens with one attached hydrogen (secondary N) is 1. The van der Waals surface area contributed by atoms with Gasteiger partial charge in [-0.2, -0.15) is 5.10 Å². The summed E-state index contributed by atoms with van der Waals surface area (Å²) in [7, 11) is 1.78. The first-order valence-electron chi connectivity index (χ1n) is 8.63. The zero-order valence-electron chi connectivity index (χ0n) is 15.0. The van der Waals surface area contributed by atoms with Crippen molar-refractivity contribution in [3.8, 4) is 0 Å². The van der Waals surface area contributed by atoms with Gasteiger partial charge in [0.2, 0.25) is 5.91 Å². The van der Waals surface area contributed by atoms with Crippen LogP contribution in [0.15, 0.2) is 12.3 Å². The van der Waals surface area contributed by atoms with Crippen LogP contribution in [-0.2, 0) is 16.6 Å². The molecule has 0 aromatic carbocycles. The van der Waals surface area contributed by atoms with Crippen molar-refractivity contribution in [3.63, 3.8) is 0 Å². The Kier molecular flexibility index (Phi) is 4.59. The molecule has 2 atom stereocenters. The molecule has 3 rings (SSSR count). The Bertz CT molecular complexity index is 661. The van der Waals surface area contributed by atoms with Gasteiger partial charge in [0.1, 0.15) is 11.3 Å². The quantitative estimate of drug-likeness (QED) is 0.787. The van der Waals surface area contributed by atoms with Crippen LogP contribution in [0.5, 0.6) is 0 Å². The molecule has 0 bridgehead atoms. The van der Waals surface area contributed by atoms with Gasteiger partial charge in [-0.25, -0.2) is 0 Å². The van der Waals surface area contributed by atoms with E-state index in [0.29, 0.717) is 38.0 Å². The van der Waals surface area contributed by atoms with Crippen molar-refractivity contribution in [2.24, 2.45) is 7.05 Å². The third-order valence-corrected chi connectivity index (χ3v) is 5.27. The molecule has 2 aliphatic heterocycles. The maximum atomic E-state index is 12.5. The fourth-order valence-corrected chi connectivity index (χ4v) is 3.66. The predicted molar refractivity (Wildman–Crippen MR) is 89.9 cm³/mol. The number of likely N-dealkylation sites (tertiary alicyclic amines) is 1. The molecule has 2 saturated heterocycles. The minimum absolute atomic E-state index is 0.0725. The maximum absolute atomic E-state index is 12.5. The summed E-state index contributed by atoms with van der Waals surface area (Å²) in [6.45, 7) is 4.45. The van der Waals surface area contributed by atoms with Crippen molar-refractivity contribution in [2.45, 2.75) is 50.4 Å². The third-order valence-electron chi connectivity index (χ3n) is 5.27. The summed E-state index contributed by atoms with van der Waals surface area (Å²) in [6.07, 6.45) is 3.66. The Hall–Kier alpha value is -1.93. The van der Waals surface area contributed by atoms with Crippen molar-refractivity contribution >= 4 is 11.8 Å². The molecule has 2 N–H and O–H groups in total. The molecule has 2 amide bonds. The number of aromatic nitrogens is 2. The molecule has 3 heterocycles. The maximum Gasteiger partial charge on any atom is 0.274 e. The summed E-state index contributed by atoms with van der Waals surface area (Å²) in [4.78, 5) is 25.7. The summed E-state index contributed by atoms with van der Waals surface area (Å²) in [5.41, 5.74) is -1.05. The number of nitrogens with zero attached hydrogens (tertiary/aromatic N) is 3. The second kappa shape index (κ2) is 6.42. The Morgan fingerprint density at radius 3 is 2.64 bits per heavy atom. The van der Waals surface area contributed by atoms with Crippen LogP contribution in [0.4, 0.5) is 0 Å². The average molecular weight is 350 g/mol. The van der Waals surface area contributed by atoms with Crippen LogP contribution >= 0.6 is 0 Å². The van der Waals surface area contributed by atoms with E-state index in [1.54, 1.807) is 35.8 Å². The lowest BCUT2D eigenvalue weighted by Gasteiger charge is -2.50. The van der Waals surface area contributed by atoms with E-state index in [4.69, 9.17) is 4.74 Å². The lowest BCUT2D eigenvalue weighted by molar-refractivity contribution is -0.191. The third kappa shape index (κ3) is 3.69. The van der Waals surface area contributed by atoms with Gasteiger partial charge in [-0.1, -0.05) is 0 Å². The summed E-state index contributed by atoms with van der Waals surface area (Å²) in [6, 6.07) is 1.37. The molecule has 8 heteroatoms. The molecule has 25 heavy (non-hydrogen) atoms. The summed E-state index contributed by atoms with van der Waals surface area (Å²) in [5.74, 6) is -0.234. The second-order valence-electron chi connectivity index (χ2n) is 7.45. The van der Waals surface area contributed by atoms with E-state index >= 15 is 0 Å². The lowest BCUT2D eigenvalue weighted by Crippen LogP contribution is -2.63. The van der Waals surface area contributed by atoms with Crippen molar-refractivity contribution in [1.82, 2.24) is 20.0 Å². The fraction of sp³-hybridized carbons (Fsp3) is 0.706. The monoisotopic (exact) mass is 350 g/mol. The van der Waals surface area contributed by atoms with Crippen LogP contribution in [0.25, 0.3) is 0 Å². The standard InChI is InChI=1S/C17H26N4O4/c1-12(22)18-14-10-17(25-11-16(14,2)24)5-8-21(9-6-17)15(23)13-4-7-20(3)19-13/h4,7,14,24H,5-6,8-11H2,1-3H3,(H,18,22)/t14-,16-/m0/s1. The van der Waals surface area contributed by atoms with Crippen LogP contribution in [-0.4, -0.2) is 68.5 Å². The molecular formula is C17H26N4O4. The Morgan fingerprint density at radius 2 is 2.08 bits per heavy atom. The van der Waals surface area contributed by atoms with E-state index in [2.05, 4.69) is 10.4 Å². The van der Waals surface area contributed by atoms with Crippen LogP contribution in [0.1, 0.15) is 43.6 Å². The number of amides is 2. The number of aryl methyl sites for hydroxylation is 1. The minimum atomic E-state index is -1.09. The van der Waals surface area contributed by atoms with E-state index in [1.165, 1.54) is 6.92 Å². The second-order valence-corrected chi connectivity index (χ2v) is 7.45. The summed E-state index contributed by atoms with van der Waals surface area (Å²) in [5, 5.41) is 17.5. The fourth-order valence-electron chi connectivity index (χ4n) is 3.66. The van der Waals surface area contributed by atoms with Crippen molar-refractivity contribution in [2.75, 3.05) is 19.7 Å². The molecule has 0 aliphatic carbocycles. The number of aliphatic hydroxyl groups is 1. The normalized spacial score (nSPS) is 28.8. The van der Waals surface area contributed by atoms with Gasteiger partial charge in [-0.05, 0) is 32.3 Å². The van der Waals surface area contributed by atoms with E-state index in [9.17, 15) is 14.7 Å². The van der Waals surface area contributed by atoms with Crippen LogP contribution < -0.4 is 5.32 Å². The molecule has 1 aromatic heterocycles. The highest BCUT2D eigenvalue weighted by molar-refractivity contribution is 5.92. The number of piperidine rings is 1. The topological polar surface area (TPSA) is 96.7 Å². The molecule has 138 valence electrons. The van der Waals surface area contributed by atoms with Crippen molar-refractivity contribution < 1.29 is 19.4 Å². The molecule has 2 aliphatic rings. The SMILES string of the molecule is CC(=O)N[C@H]1CC2(CCN(C(=O)c3ccn(C)n3)CC2)OC[C@]1(C)O. The number of rotatable bonds is 2. The Morgan fingerprint density at radius 1 is 1.40 bits per heavy atom. The number of carbonyl (C=O) groups is 2. The van der Waals surface area contributed by atoms with Gasteiger partial charge in [-0.15, -0.1) is 0 Å². The first kappa shape index (κ1) is 17.9. The largest absolute Gasteiger partial charge is 0.386 e. The molecule has 0 radical (unpaired) electrons. The summed E-state index contributed by atoms with van der Waals surface area (Å²) < 4.78 is 7.63. The predicted octanol–water partition coefficient (Wildman–Crippen LogP) is 0.0709. The van der Waals surface area contributed by atoms with Gasteiger partial charge >= 0.3 is 0 Å². The van der Waals surface area contributed by atoms with Crippen LogP contribution in [0.2, 0.25) is 0 Å². The van der Waals surface area contributed by atoms with Crippen LogP contribution in [0, 0.1) is 0 Å². The Balaban J connectivity index is 1.64. The highest BCUT2D eigenvalue weighted by Crippen LogP contribution is 2.38. The highest BCUT2D eigenvalue weighted by atomic mass is 16.5. The zero-order valence-corrected chi connectivity index (χ0v) is 15.0. The molecule has 0 unspecified atom stereocenters. The highest BCUT2D eigenvalue weighted by Gasteiger charge is 2.49. The number of hydrogen-bond donors (Lipinski definition) is 2. The smallest absolute Gasteiger partial charge is 0.274 e. The van der Waals surface area contributed by atoms with Gasteiger partial charge in [0.15, 0.2) is 0 Å². The molecular weight excluding hydrogens is 324 g/mol. The average Bonchev–Trinajstić information content (AvgIpc) is 2.98. The van der Waals surface area contributed by atoms with Crippen LogP contribution in [0.3, 0.4) is 0 Å². The molecule has 0 saturated carbocycles. The van der Waals surface area contributed by atoms with E-state index in [1.807, 2.05) is 0 Å². The zero-order chi connectivity index (χ0) is 18.2. The van der Waals surface area contributed by atoms with Crippen molar-refractivity contribution in [1.29, 1.82) is 0 Å². The van der Waals surface area contributed by atoms with Gasteiger partial charge in [0, 0.05) is 33.3 Å². The minimum Gasteiger partial charge on any atom is -0.386 e. The summed E-state index contributed by atoms with van der Waals surface area (Å²) >= 11 is 0. The lowest BCUT2D eigenvalue weighted by atomic mass is 9.77. The first-order chi connectivity index (χ1) is 11.7. The molecule has 1 aromatic rings. The van der Waals surface area contributed by atoms with Gasteiger partial charge in [0.05, 0.1) is 18.2 Å². The van der Waals surface area contributed by atoms with Gasteiger partial charge in [0.25, 0.3) is 5.91 Å². The molecule has 2 fully saturated rings. The van der Waals surface area contributed by atoms with E-state index < -0.39 is 11.2 Å². The number of ether oxygens (including phenoxy) is 1. The van der Waals surface area contributed by atoms with Crippen molar-refractivity contribution in [3.05, 3.63) is 18.0 Å². The number of carbonyl (C=O) groups excluding carboxylic acids is 2. The molecule has 1 spiro atoms. The molecule has 8 nitrogen and oxygen atoms in total. The van der Waals surface area contributed by atoms with E-state index in [0.717, 1.165) is 0 Å². The first-order valence-corrected chi connectivity index (χ1v) is 8.63.